The summed E-state index contributed by atoms with van der Waals surface area (Å²) in [6.07, 6.45) is 6.92. The fourth-order valence-corrected chi connectivity index (χ4v) is 2.38. The second-order valence-corrected chi connectivity index (χ2v) is 5.50. The highest BCUT2D eigenvalue weighted by Crippen LogP contribution is 2.25. The van der Waals surface area contributed by atoms with Crippen LogP contribution in [0.1, 0.15) is 37.7 Å². The van der Waals surface area contributed by atoms with E-state index in [2.05, 4.69) is 22.7 Å². The fourth-order valence-electron chi connectivity index (χ4n) is 2.33. The molecule has 0 amide bonds. The Bertz CT molecular complexity index is 522. The molecular weight excluding hydrogens is 286 g/mol. The van der Waals surface area contributed by atoms with Crippen LogP contribution in [-0.4, -0.2) is 17.3 Å². The number of nitrogens with zero attached hydrogens (tertiary/aromatic N) is 1. The largest absolute Gasteiger partial charge is 0.426 e. The van der Waals surface area contributed by atoms with E-state index >= 15 is 0 Å². The van der Waals surface area contributed by atoms with Crippen LogP contribution in [0.15, 0.2) is 29.4 Å². The van der Waals surface area contributed by atoms with Gasteiger partial charge in [-0.25, -0.2) is 0 Å². The van der Waals surface area contributed by atoms with Crippen molar-refractivity contribution in [1.29, 1.82) is 0 Å². The van der Waals surface area contributed by atoms with Gasteiger partial charge in [0.2, 0.25) is 0 Å². The zero-order chi connectivity index (χ0) is 15.1. The molecule has 0 saturated heterocycles. The first kappa shape index (κ1) is 15.4. The van der Waals surface area contributed by atoms with Crippen LogP contribution in [0.3, 0.4) is 0 Å². The van der Waals surface area contributed by atoms with Gasteiger partial charge in [0.05, 0.1) is 12.1 Å². The van der Waals surface area contributed by atoms with E-state index in [0.717, 1.165) is 31.2 Å². The number of thiocarbonyl (C=S) groups is 1. The van der Waals surface area contributed by atoms with Gasteiger partial charge in [-0.3, -0.25) is 10.2 Å². The number of benzene rings is 1. The van der Waals surface area contributed by atoms with Crippen molar-refractivity contribution >= 4 is 29.5 Å². The van der Waals surface area contributed by atoms with E-state index in [1.165, 1.54) is 6.42 Å². The Morgan fingerprint density at radius 3 is 2.57 bits per heavy atom. The number of nitrogens with two attached hydrogens (primary N) is 1. The predicted molar refractivity (Wildman–Crippen MR) is 86.2 cm³/mol. The summed E-state index contributed by atoms with van der Waals surface area (Å²) in [4.78, 5) is 12.0. The molecule has 21 heavy (non-hydrogen) atoms. The molecule has 0 radical (unpaired) electrons. The van der Waals surface area contributed by atoms with E-state index in [-0.39, 0.29) is 17.0 Å². The van der Waals surface area contributed by atoms with E-state index in [1.807, 2.05) is 12.1 Å². The van der Waals surface area contributed by atoms with Gasteiger partial charge in [0.1, 0.15) is 5.75 Å². The van der Waals surface area contributed by atoms with E-state index < -0.39 is 0 Å². The van der Waals surface area contributed by atoms with Crippen molar-refractivity contribution in [2.45, 2.75) is 32.1 Å². The summed E-state index contributed by atoms with van der Waals surface area (Å²) >= 11 is 4.64. The molecule has 0 bridgehead atoms. The summed E-state index contributed by atoms with van der Waals surface area (Å²) in [5, 5.41) is 3.97. The highest BCUT2D eigenvalue weighted by atomic mass is 32.1. The Labute approximate surface area is 129 Å². The zero-order valence-corrected chi connectivity index (χ0v) is 12.6. The molecule has 0 heterocycles. The van der Waals surface area contributed by atoms with Gasteiger partial charge in [-0.1, -0.05) is 19.3 Å². The van der Waals surface area contributed by atoms with Crippen molar-refractivity contribution < 1.29 is 9.53 Å². The number of hydrogen-bond acceptors (Lipinski definition) is 4. The zero-order valence-electron chi connectivity index (χ0n) is 11.7. The lowest BCUT2D eigenvalue weighted by molar-refractivity contribution is -0.139. The highest BCUT2D eigenvalue weighted by Gasteiger charge is 2.22. The molecule has 0 unspecified atom stereocenters. The normalized spacial score (nSPS) is 15.8. The Hall–Kier alpha value is -1.95. The number of hydrazone groups is 1. The smallest absolute Gasteiger partial charge is 0.314 e. The highest BCUT2D eigenvalue weighted by molar-refractivity contribution is 7.80. The summed E-state index contributed by atoms with van der Waals surface area (Å²) in [5.74, 6) is 0.492. The minimum absolute atomic E-state index is 0.0507. The summed E-state index contributed by atoms with van der Waals surface area (Å²) in [7, 11) is 0. The summed E-state index contributed by atoms with van der Waals surface area (Å²) in [6.45, 7) is 0. The van der Waals surface area contributed by atoms with Crippen molar-refractivity contribution in [3.05, 3.63) is 29.8 Å². The third-order valence-corrected chi connectivity index (χ3v) is 3.52. The van der Waals surface area contributed by atoms with E-state index in [4.69, 9.17) is 10.5 Å². The van der Waals surface area contributed by atoms with Crippen molar-refractivity contribution in [2.24, 2.45) is 16.8 Å². The quantitative estimate of drug-likeness (QED) is 0.293. The Balaban J connectivity index is 1.88. The van der Waals surface area contributed by atoms with E-state index in [0.29, 0.717) is 5.75 Å². The average molecular weight is 305 g/mol. The number of esters is 1. The average Bonchev–Trinajstić information content (AvgIpc) is 2.49. The van der Waals surface area contributed by atoms with Crippen molar-refractivity contribution in [1.82, 2.24) is 5.43 Å². The van der Waals surface area contributed by atoms with Crippen molar-refractivity contribution in [2.75, 3.05) is 0 Å². The van der Waals surface area contributed by atoms with Crippen LogP contribution in [0.5, 0.6) is 5.75 Å². The maximum absolute atomic E-state index is 12.0. The van der Waals surface area contributed by atoms with E-state index in [9.17, 15) is 4.79 Å². The molecule has 1 saturated carbocycles. The van der Waals surface area contributed by atoms with Crippen LogP contribution in [0, 0.1) is 5.92 Å². The number of rotatable bonds is 4. The molecule has 2 rings (SSSR count). The number of nitrogens with one attached hydrogen (secondary N) is 1. The molecule has 6 heteroatoms. The fraction of sp³-hybridized carbons (Fsp3) is 0.400. The minimum Gasteiger partial charge on any atom is -0.426 e. The molecule has 112 valence electrons. The van der Waals surface area contributed by atoms with Gasteiger partial charge in [0.25, 0.3) is 0 Å². The molecule has 0 aromatic heterocycles. The molecule has 3 N–H and O–H groups in total. The molecule has 5 nitrogen and oxygen atoms in total. The van der Waals surface area contributed by atoms with E-state index in [1.54, 1.807) is 18.3 Å². The predicted octanol–water partition coefficient (Wildman–Crippen LogP) is 2.34. The lowest BCUT2D eigenvalue weighted by Crippen LogP contribution is -2.24. The van der Waals surface area contributed by atoms with Crippen LogP contribution in [0.25, 0.3) is 0 Å². The molecule has 0 aliphatic heterocycles. The summed E-state index contributed by atoms with van der Waals surface area (Å²) in [5.41, 5.74) is 8.59. The van der Waals surface area contributed by atoms with Crippen molar-refractivity contribution in [3.8, 4) is 5.75 Å². The molecule has 0 spiro atoms. The third kappa shape index (κ3) is 5.15. The Morgan fingerprint density at radius 2 is 1.95 bits per heavy atom. The molecular formula is C15H19N3O2S. The van der Waals surface area contributed by atoms with Crippen LogP contribution in [-0.2, 0) is 4.79 Å². The van der Waals surface area contributed by atoms with Gasteiger partial charge < -0.3 is 10.5 Å². The molecule has 1 aliphatic carbocycles. The Morgan fingerprint density at radius 1 is 1.29 bits per heavy atom. The lowest BCUT2D eigenvalue weighted by Gasteiger charge is -2.19. The second-order valence-electron chi connectivity index (χ2n) is 5.06. The number of hydrogen-bond donors (Lipinski definition) is 2. The SMILES string of the molecule is NC(=S)NN=Cc1ccc(OC(=O)C2CCCCC2)cc1. The first-order chi connectivity index (χ1) is 10.1. The van der Waals surface area contributed by atoms with Gasteiger partial charge >= 0.3 is 5.97 Å². The number of ether oxygens (including phenoxy) is 1. The van der Waals surface area contributed by atoms with Gasteiger partial charge in [0, 0.05) is 0 Å². The van der Waals surface area contributed by atoms with Crippen LogP contribution >= 0.6 is 12.2 Å². The second kappa shape index (κ2) is 7.73. The van der Waals surface area contributed by atoms with Crippen LogP contribution < -0.4 is 15.9 Å². The topological polar surface area (TPSA) is 76.7 Å². The maximum atomic E-state index is 12.0. The van der Waals surface area contributed by atoms with Gasteiger partial charge in [0.15, 0.2) is 5.11 Å². The minimum atomic E-state index is -0.119. The summed E-state index contributed by atoms with van der Waals surface area (Å²) < 4.78 is 5.41. The third-order valence-electron chi connectivity index (χ3n) is 3.43. The molecule has 1 aliphatic rings. The first-order valence-corrected chi connectivity index (χ1v) is 7.46. The molecule has 1 aromatic carbocycles. The van der Waals surface area contributed by atoms with Gasteiger partial charge in [-0.2, -0.15) is 5.10 Å². The standard InChI is InChI=1S/C15H19N3O2S/c16-15(21)18-17-10-11-6-8-13(9-7-11)20-14(19)12-4-2-1-3-5-12/h6-10,12H,1-5H2,(H3,16,18,21). The van der Waals surface area contributed by atoms with Crippen LogP contribution in [0.2, 0.25) is 0 Å². The van der Waals surface area contributed by atoms with Gasteiger partial charge in [-0.15, -0.1) is 0 Å². The monoisotopic (exact) mass is 305 g/mol. The molecule has 1 aromatic rings. The molecule has 1 fully saturated rings. The number of carbonyl (C=O) groups excluding carboxylic acids is 1. The first-order valence-electron chi connectivity index (χ1n) is 7.05. The summed E-state index contributed by atoms with van der Waals surface area (Å²) in [6, 6.07) is 7.13. The Kier molecular flexibility index (Phi) is 5.68. The number of carbonyl (C=O) groups is 1. The van der Waals surface area contributed by atoms with Crippen molar-refractivity contribution in [3.63, 3.8) is 0 Å². The maximum Gasteiger partial charge on any atom is 0.314 e. The molecule has 0 atom stereocenters. The van der Waals surface area contributed by atoms with Gasteiger partial charge in [-0.05, 0) is 54.9 Å². The lowest BCUT2D eigenvalue weighted by atomic mass is 9.89. The van der Waals surface area contributed by atoms with Crippen LogP contribution in [0.4, 0.5) is 0 Å².